The van der Waals surface area contributed by atoms with Crippen LogP contribution in [0.5, 0.6) is 11.5 Å². The third-order valence-corrected chi connectivity index (χ3v) is 5.17. The molecule has 0 spiro atoms. The summed E-state index contributed by atoms with van der Waals surface area (Å²) in [5.41, 5.74) is 1.67. The smallest absolute Gasteiger partial charge is 0.226 e. The minimum Gasteiger partial charge on any atom is -0.493 e. The van der Waals surface area contributed by atoms with Crippen molar-refractivity contribution in [2.45, 2.75) is 33.2 Å². The average molecular weight is 415 g/mol. The van der Waals surface area contributed by atoms with Crippen LogP contribution < -0.4 is 14.8 Å². The number of methoxy groups -OCH3 is 1. The van der Waals surface area contributed by atoms with Crippen molar-refractivity contribution in [1.82, 2.24) is 10.3 Å². The molecule has 0 bridgehead atoms. The Morgan fingerprint density at radius 2 is 2.07 bits per heavy atom. The number of benzene rings is 1. The first-order valence-corrected chi connectivity index (χ1v) is 10.4. The number of hydrogen-bond donors (Lipinski definition) is 1. The Kier molecular flexibility index (Phi) is 6.93. The molecule has 7 heteroatoms. The largest absolute Gasteiger partial charge is 0.493 e. The monoisotopic (exact) mass is 414 g/mol. The molecule has 2 heterocycles. The van der Waals surface area contributed by atoms with Gasteiger partial charge in [0.2, 0.25) is 5.91 Å². The maximum atomic E-state index is 12.5. The summed E-state index contributed by atoms with van der Waals surface area (Å²) >= 11 is 1.46. The Hall–Kier alpha value is -2.80. The Balaban J connectivity index is 1.60. The van der Waals surface area contributed by atoms with Crippen LogP contribution in [0, 0.1) is 5.92 Å². The first-order chi connectivity index (χ1) is 14.0. The molecule has 1 amide bonds. The highest BCUT2D eigenvalue weighted by molar-refractivity contribution is 7.13. The lowest BCUT2D eigenvalue weighted by Gasteiger charge is -2.17. The molecule has 0 radical (unpaired) electrons. The third-order valence-electron chi connectivity index (χ3n) is 4.26. The maximum Gasteiger partial charge on any atom is 0.226 e. The fourth-order valence-electron chi connectivity index (χ4n) is 2.77. The number of furan rings is 1. The minimum atomic E-state index is -0.168. The van der Waals surface area contributed by atoms with Crippen molar-refractivity contribution >= 4 is 17.2 Å². The molecule has 3 rings (SSSR count). The van der Waals surface area contributed by atoms with Gasteiger partial charge in [0.25, 0.3) is 0 Å². The summed E-state index contributed by atoms with van der Waals surface area (Å²) in [6, 6.07) is 9.23. The van der Waals surface area contributed by atoms with Crippen molar-refractivity contribution in [3.05, 3.63) is 53.2 Å². The van der Waals surface area contributed by atoms with Crippen molar-refractivity contribution in [3.63, 3.8) is 0 Å². The summed E-state index contributed by atoms with van der Waals surface area (Å²) < 4.78 is 16.6. The van der Waals surface area contributed by atoms with Gasteiger partial charge in [-0.2, -0.15) is 0 Å². The number of carbonyl (C=O) groups is 1. The molecular formula is C22H26N2O4S. The van der Waals surface area contributed by atoms with Gasteiger partial charge in [0.15, 0.2) is 22.3 Å². The summed E-state index contributed by atoms with van der Waals surface area (Å²) in [5, 5.41) is 5.67. The predicted octanol–water partition coefficient (Wildman–Crippen LogP) is 4.87. The van der Waals surface area contributed by atoms with Crippen LogP contribution in [0.4, 0.5) is 0 Å². The molecule has 6 nitrogen and oxygen atoms in total. The lowest BCUT2D eigenvalue weighted by molar-refractivity contribution is -0.121. The van der Waals surface area contributed by atoms with Gasteiger partial charge in [-0.25, -0.2) is 4.98 Å². The van der Waals surface area contributed by atoms with Crippen LogP contribution in [0.1, 0.15) is 38.1 Å². The second-order valence-electron chi connectivity index (χ2n) is 7.20. The summed E-state index contributed by atoms with van der Waals surface area (Å²) in [5.74, 6) is 2.41. The summed E-state index contributed by atoms with van der Waals surface area (Å²) in [6.45, 7) is 6.75. The van der Waals surface area contributed by atoms with Crippen LogP contribution in [-0.2, 0) is 11.2 Å². The van der Waals surface area contributed by atoms with Gasteiger partial charge in [-0.1, -0.05) is 19.9 Å². The van der Waals surface area contributed by atoms with E-state index in [-0.39, 0.29) is 18.4 Å². The predicted molar refractivity (Wildman–Crippen MR) is 113 cm³/mol. The van der Waals surface area contributed by atoms with Crippen molar-refractivity contribution in [2.24, 2.45) is 5.92 Å². The number of thiazole rings is 1. The molecule has 1 aromatic carbocycles. The van der Waals surface area contributed by atoms with E-state index in [1.54, 1.807) is 13.4 Å². The van der Waals surface area contributed by atoms with Crippen molar-refractivity contribution in [3.8, 4) is 22.3 Å². The summed E-state index contributed by atoms with van der Waals surface area (Å²) in [6.07, 6.45) is 1.83. The third kappa shape index (κ3) is 5.60. The zero-order valence-corrected chi connectivity index (χ0v) is 17.9. The van der Waals surface area contributed by atoms with Crippen molar-refractivity contribution in [1.29, 1.82) is 0 Å². The van der Waals surface area contributed by atoms with Gasteiger partial charge in [-0.15, -0.1) is 11.3 Å². The molecule has 154 valence electrons. The van der Waals surface area contributed by atoms with E-state index in [2.05, 4.69) is 24.1 Å². The molecule has 0 aliphatic rings. The minimum absolute atomic E-state index is 0.0899. The highest BCUT2D eigenvalue weighted by atomic mass is 32.1. The zero-order chi connectivity index (χ0) is 20.8. The number of hydrogen-bond acceptors (Lipinski definition) is 6. The molecule has 0 aliphatic heterocycles. The van der Waals surface area contributed by atoms with Gasteiger partial charge in [0, 0.05) is 5.38 Å². The number of rotatable bonds is 9. The van der Waals surface area contributed by atoms with E-state index in [1.165, 1.54) is 11.3 Å². The van der Waals surface area contributed by atoms with Crippen LogP contribution in [-0.4, -0.2) is 24.6 Å². The maximum absolute atomic E-state index is 12.5. The average Bonchev–Trinajstić information content (AvgIpc) is 3.37. The lowest BCUT2D eigenvalue weighted by atomic mass is 10.1. The van der Waals surface area contributed by atoms with Crippen LogP contribution in [0.25, 0.3) is 10.8 Å². The number of amides is 1. The van der Waals surface area contributed by atoms with E-state index < -0.39 is 0 Å². The Morgan fingerprint density at radius 3 is 2.76 bits per heavy atom. The first kappa shape index (κ1) is 20.9. The van der Waals surface area contributed by atoms with E-state index >= 15 is 0 Å². The zero-order valence-electron chi connectivity index (χ0n) is 17.1. The molecule has 1 atom stereocenters. The fourth-order valence-corrected chi connectivity index (χ4v) is 3.56. The van der Waals surface area contributed by atoms with Gasteiger partial charge in [-0.3, -0.25) is 4.79 Å². The topological polar surface area (TPSA) is 73.6 Å². The van der Waals surface area contributed by atoms with Crippen molar-refractivity contribution in [2.75, 3.05) is 13.7 Å². The van der Waals surface area contributed by atoms with Crippen LogP contribution >= 0.6 is 11.3 Å². The van der Waals surface area contributed by atoms with Crippen molar-refractivity contribution < 1.29 is 18.7 Å². The molecule has 0 aliphatic carbocycles. The first-order valence-electron chi connectivity index (χ1n) is 9.54. The summed E-state index contributed by atoms with van der Waals surface area (Å²) in [7, 11) is 1.61. The Morgan fingerprint density at radius 1 is 1.24 bits per heavy atom. The molecule has 3 aromatic rings. The van der Waals surface area contributed by atoms with E-state index in [9.17, 15) is 4.79 Å². The van der Waals surface area contributed by atoms with E-state index in [4.69, 9.17) is 13.9 Å². The molecule has 0 saturated carbocycles. The van der Waals surface area contributed by atoms with Gasteiger partial charge in [-0.05, 0) is 42.7 Å². The quantitative estimate of drug-likeness (QED) is 0.541. The van der Waals surface area contributed by atoms with Gasteiger partial charge >= 0.3 is 0 Å². The number of carbonyl (C=O) groups excluding carboxylic acids is 1. The van der Waals surface area contributed by atoms with E-state index in [0.29, 0.717) is 29.8 Å². The van der Waals surface area contributed by atoms with Crippen LogP contribution in [0.3, 0.4) is 0 Å². The molecule has 0 fully saturated rings. The highest BCUT2D eigenvalue weighted by Gasteiger charge is 2.15. The number of nitrogens with one attached hydrogen (secondary N) is 1. The number of nitrogens with zero attached hydrogens (tertiary/aromatic N) is 1. The number of aromatic nitrogens is 1. The number of ether oxygens (including phenoxy) is 2. The second kappa shape index (κ2) is 9.60. The lowest BCUT2D eigenvalue weighted by Crippen LogP contribution is -2.28. The molecule has 1 N–H and O–H groups in total. The fraction of sp³-hybridized carbons (Fsp3) is 0.364. The summed E-state index contributed by atoms with van der Waals surface area (Å²) in [4.78, 5) is 16.9. The molecule has 2 aromatic heterocycles. The van der Waals surface area contributed by atoms with Crippen LogP contribution in [0.2, 0.25) is 0 Å². The Bertz CT molecular complexity index is 934. The highest BCUT2D eigenvalue weighted by Crippen LogP contribution is 2.31. The second-order valence-corrected chi connectivity index (χ2v) is 8.06. The standard InChI is InChI=1S/C22H26N2O4S/c1-14(2)12-28-18-8-7-16(10-20(18)26-4)15(3)23-21(25)11-17-13-29-22(24-17)19-6-5-9-27-19/h5-10,13-15H,11-12H2,1-4H3,(H,23,25)/t15-/m0/s1. The van der Waals surface area contributed by atoms with E-state index in [0.717, 1.165) is 16.3 Å². The molecular weight excluding hydrogens is 388 g/mol. The Labute approximate surface area is 174 Å². The van der Waals surface area contributed by atoms with Gasteiger partial charge < -0.3 is 19.2 Å². The van der Waals surface area contributed by atoms with Gasteiger partial charge in [0.1, 0.15) is 0 Å². The molecule has 0 saturated heterocycles. The van der Waals surface area contributed by atoms with Crippen LogP contribution in [0.15, 0.2) is 46.4 Å². The normalized spacial score (nSPS) is 12.0. The van der Waals surface area contributed by atoms with Gasteiger partial charge in [0.05, 0.1) is 38.1 Å². The molecule has 29 heavy (non-hydrogen) atoms. The van der Waals surface area contributed by atoms with E-state index in [1.807, 2.05) is 42.6 Å². The SMILES string of the molecule is COc1cc([C@H](C)NC(=O)Cc2csc(-c3ccco3)n2)ccc1OCC(C)C. The molecule has 0 unspecified atom stereocenters.